The number of rotatable bonds is 2. The lowest BCUT2D eigenvalue weighted by atomic mass is 9.79. The summed E-state index contributed by atoms with van der Waals surface area (Å²) in [5, 5.41) is 5.37. The molecule has 0 fully saturated rings. The molecular weight excluding hydrogens is 492 g/mol. The number of hydrogen-bond donors (Lipinski definition) is 0. The van der Waals surface area contributed by atoms with Crippen LogP contribution >= 0.6 is 0 Å². The first-order valence-electron chi connectivity index (χ1n) is 14.5. The van der Waals surface area contributed by atoms with Crippen LogP contribution in [0.5, 0.6) is 0 Å². The van der Waals surface area contributed by atoms with Crippen molar-refractivity contribution in [1.29, 1.82) is 0 Å². The minimum absolute atomic E-state index is 0.0239. The molecule has 7 aromatic rings. The zero-order chi connectivity index (χ0) is 27.3. The monoisotopic (exact) mass is 520 g/mol. The van der Waals surface area contributed by atoms with Gasteiger partial charge >= 0.3 is 0 Å². The van der Waals surface area contributed by atoms with Gasteiger partial charge in [0.25, 0.3) is 0 Å². The van der Waals surface area contributed by atoms with Crippen molar-refractivity contribution in [3.8, 4) is 55.6 Å². The zero-order valence-electron chi connectivity index (χ0n) is 23.2. The molecule has 0 nitrogen and oxygen atoms in total. The Morgan fingerprint density at radius 2 is 1.05 bits per heavy atom. The highest BCUT2D eigenvalue weighted by molar-refractivity contribution is 6.16. The average molecular weight is 521 g/mol. The van der Waals surface area contributed by atoms with Crippen molar-refractivity contribution < 1.29 is 0 Å². The Morgan fingerprint density at radius 3 is 1.88 bits per heavy atom. The van der Waals surface area contributed by atoms with Crippen LogP contribution in [0.25, 0.3) is 77.2 Å². The van der Waals surface area contributed by atoms with Crippen LogP contribution in [-0.2, 0) is 5.41 Å². The molecular formula is C41H28. The molecule has 2 aliphatic carbocycles. The van der Waals surface area contributed by atoms with Crippen molar-refractivity contribution in [2.24, 2.45) is 0 Å². The van der Waals surface area contributed by atoms with E-state index < -0.39 is 0 Å². The van der Waals surface area contributed by atoms with Crippen LogP contribution in [-0.4, -0.2) is 0 Å². The van der Waals surface area contributed by atoms with Crippen LogP contribution in [0, 0.1) is 0 Å². The molecule has 0 aromatic heterocycles. The Hall–Kier alpha value is -4.94. The van der Waals surface area contributed by atoms with Crippen molar-refractivity contribution >= 4 is 21.5 Å². The van der Waals surface area contributed by atoms with Crippen LogP contribution < -0.4 is 0 Å². The summed E-state index contributed by atoms with van der Waals surface area (Å²) in [4.78, 5) is 0. The molecule has 0 radical (unpaired) electrons. The van der Waals surface area contributed by atoms with Crippen LogP contribution in [0.2, 0.25) is 0 Å². The van der Waals surface area contributed by atoms with Gasteiger partial charge in [0.15, 0.2) is 0 Å². The molecule has 0 aliphatic heterocycles. The van der Waals surface area contributed by atoms with Gasteiger partial charge in [-0.2, -0.15) is 0 Å². The molecule has 0 saturated heterocycles. The Labute approximate surface area is 240 Å². The second-order valence-corrected chi connectivity index (χ2v) is 12.1. The molecule has 0 saturated carbocycles. The second-order valence-electron chi connectivity index (χ2n) is 12.1. The van der Waals surface area contributed by atoms with Crippen LogP contribution in [0.4, 0.5) is 0 Å². The van der Waals surface area contributed by atoms with E-state index in [1.807, 2.05) is 0 Å². The summed E-state index contributed by atoms with van der Waals surface area (Å²) in [5.41, 5.74) is 16.0. The molecule has 0 spiro atoms. The van der Waals surface area contributed by atoms with E-state index in [4.69, 9.17) is 0 Å². The van der Waals surface area contributed by atoms with E-state index >= 15 is 0 Å². The standard InChI is InChI=1S/C41H28/c1-41(2)38-16-6-5-12-33(38)36-22-21-32-29(13-8-15-35(32)40(36)41)26-19-17-25(18-20-26)28-23-27-9-7-14-34-30-10-3-4-11-31(30)37(24-28)39(27)34/h3-24H,1-2H3. The number of benzene rings is 7. The third-order valence-corrected chi connectivity index (χ3v) is 9.59. The maximum atomic E-state index is 2.38. The van der Waals surface area contributed by atoms with Gasteiger partial charge in [-0.25, -0.2) is 0 Å². The van der Waals surface area contributed by atoms with Gasteiger partial charge in [0, 0.05) is 5.41 Å². The van der Waals surface area contributed by atoms with Crippen molar-refractivity contribution in [2.45, 2.75) is 19.3 Å². The predicted octanol–water partition coefficient (Wildman–Crippen LogP) is 11.3. The summed E-state index contributed by atoms with van der Waals surface area (Å²) in [6, 6.07) is 49.8. The third-order valence-electron chi connectivity index (χ3n) is 9.59. The zero-order valence-corrected chi connectivity index (χ0v) is 23.2. The van der Waals surface area contributed by atoms with Gasteiger partial charge in [0.2, 0.25) is 0 Å². The maximum Gasteiger partial charge on any atom is 0.0165 e. The predicted molar refractivity (Wildman–Crippen MR) is 174 cm³/mol. The van der Waals surface area contributed by atoms with Crippen molar-refractivity contribution in [2.75, 3.05) is 0 Å². The van der Waals surface area contributed by atoms with Gasteiger partial charge in [0.05, 0.1) is 0 Å². The Bertz CT molecular complexity index is 2210. The van der Waals surface area contributed by atoms with Gasteiger partial charge in [0.1, 0.15) is 0 Å². The van der Waals surface area contributed by atoms with E-state index in [0.717, 1.165) is 0 Å². The first kappa shape index (κ1) is 22.8. The first-order chi connectivity index (χ1) is 20.1. The Balaban J connectivity index is 1.16. The fraction of sp³-hybridized carbons (Fsp3) is 0.0732. The average Bonchev–Trinajstić information content (AvgIpc) is 3.47. The molecule has 0 heteroatoms. The van der Waals surface area contributed by atoms with Crippen molar-refractivity contribution in [1.82, 2.24) is 0 Å². The minimum Gasteiger partial charge on any atom is -0.0619 e. The Morgan fingerprint density at radius 1 is 0.390 bits per heavy atom. The quantitative estimate of drug-likeness (QED) is 0.213. The minimum atomic E-state index is -0.0239. The molecule has 41 heavy (non-hydrogen) atoms. The molecule has 0 heterocycles. The molecule has 0 N–H and O–H groups in total. The van der Waals surface area contributed by atoms with E-state index in [-0.39, 0.29) is 5.41 Å². The Kier molecular flexibility index (Phi) is 4.49. The topological polar surface area (TPSA) is 0 Å². The summed E-state index contributed by atoms with van der Waals surface area (Å²) in [5.74, 6) is 0. The highest BCUT2D eigenvalue weighted by Crippen LogP contribution is 2.52. The fourth-order valence-corrected chi connectivity index (χ4v) is 7.73. The van der Waals surface area contributed by atoms with Crippen molar-refractivity contribution in [3.63, 3.8) is 0 Å². The number of fused-ring (bicyclic) bond motifs is 8. The molecule has 0 bridgehead atoms. The fourth-order valence-electron chi connectivity index (χ4n) is 7.73. The lowest BCUT2D eigenvalue weighted by Crippen LogP contribution is -2.15. The van der Waals surface area contributed by atoms with E-state index in [2.05, 4.69) is 147 Å². The SMILES string of the molecule is CC1(C)c2ccccc2-c2ccc3c(-c4ccc(-c5cc6c7c(cccc7c5)-c5ccccc5-6)cc4)cccc3c21. The molecule has 192 valence electrons. The van der Waals surface area contributed by atoms with Crippen LogP contribution in [0.1, 0.15) is 25.0 Å². The molecule has 0 unspecified atom stereocenters. The largest absolute Gasteiger partial charge is 0.0619 e. The third kappa shape index (κ3) is 3.05. The van der Waals surface area contributed by atoms with Crippen LogP contribution in [0.15, 0.2) is 133 Å². The van der Waals surface area contributed by atoms with Gasteiger partial charge in [-0.15, -0.1) is 0 Å². The highest BCUT2D eigenvalue weighted by Gasteiger charge is 2.36. The lowest BCUT2D eigenvalue weighted by Gasteiger charge is -2.23. The van der Waals surface area contributed by atoms with E-state index in [1.54, 1.807) is 0 Å². The maximum absolute atomic E-state index is 2.38. The van der Waals surface area contributed by atoms with Crippen molar-refractivity contribution in [3.05, 3.63) is 145 Å². The second kappa shape index (κ2) is 8.05. The van der Waals surface area contributed by atoms with E-state index in [1.165, 1.54) is 88.3 Å². The molecule has 0 atom stereocenters. The summed E-state index contributed by atoms with van der Waals surface area (Å²) in [6.45, 7) is 4.74. The first-order valence-corrected chi connectivity index (χ1v) is 14.5. The lowest BCUT2D eigenvalue weighted by molar-refractivity contribution is 0.666. The van der Waals surface area contributed by atoms with Gasteiger partial charge in [-0.1, -0.05) is 135 Å². The summed E-state index contributed by atoms with van der Waals surface area (Å²) >= 11 is 0. The van der Waals surface area contributed by atoms with Gasteiger partial charge < -0.3 is 0 Å². The summed E-state index contributed by atoms with van der Waals surface area (Å²) < 4.78 is 0. The van der Waals surface area contributed by atoms with Gasteiger partial charge in [-0.3, -0.25) is 0 Å². The molecule has 9 rings (SSSR count). The summed E-state index contributed by atoms with van der Waals surface area (Å²) in [6.07, 6.45) is 0. The van der Waals surface area contributed by atoms with E-state index in [9.17, 15) is 0 Å². The molecule has 0 amide bonds. The van der Waals surface area contributed by atoms with Gasteiger partial charge in [-0.05, 0) is 100 Å². The highest BCUT2D eigenvalue weighted by atomic mass is 14.4. The molecule has 2 aliphatic rings. The number of hydrogen-bond acceptors (Lipinski definition) is 0. The normalized spacial score (nSPS) is 13.8. The van der Waals surface area contributed by atoms with E-state index in [0.29, 0.717) is 0 Å². The van der Waals surface area contributed by atoms with Crippen LogP contribution in [0.3, 0.4) is 0 Å². The summed E-state index contributed by atoms with van der Waals surface area (Å²) in [7, 11) is 0. The smallest absolute Gasteiger partial charge is 0.0165 e. The molecule has 7 aromatic carbocycles.